The zero-order chi connectivity index (χ0) is 45.2. The first-order valence-corrected chi connectivity index (χ1v) is 21.8. The standard InChI is InChI=1S/C53H71N5O3/c1-48(2,3)36-23-32(24-37(42(36)59)49(4,5)6)29-54-46-55-45(35-21-19-18-20-22-35)56-47(57-46)58(30-33-25-38(50(7,8)9)43(60)39(26-33)51(10,11)12)31-34-27-40(52(13,14)15)44-41(28-34)53(16,17)61-44/h18-28,59-60H,29-31H2,1-17H3,(H,54,55,56,57). The minimum absolute atomic E-state index is 0.139. The first-order valence-electron chi connectivity index (χ1n) is 21.8. The van der Waals surface area contributed by atoms with Gasteiger partial charge in [-0.2, -0.15) is 15.0 Å². The fraction of sp³-hybridized carbons (Fsp3) is 0.491. The van der Waals surface area contributed by atoms with E-state index in [2.05, 4.69) is 164 Å². The van der Waals surface area contributed by atoms with Gasteiger partial charge in [0.15, 0.2) is 5.82 Å². The van der Waals surface area contributed by atoms with Crippen LogP contribution in [0.15, 0.2) is 66.7 Å². The van der Waals surface area contributed by atoms with E-state index < -0.39 is 5.60 Å². The van der Waals surface area contributed by atoms with Crippen molar-refractivity contribution in [3.8, 4) is 28.6 Å². The zero-order valence-electron chi connectivity index (χ0n) is 40.1. The van der Waals surface area contributed by atoms with Gasteiger partial charge in [0.05, 0.1) is 0 Å². The highest BCUT2D eigenvalue weighted by Crippen LogP contribution is 2.50. The lowest BCUT2D eigenvalue weighted by Gasteiger charge is -2.43. The van der Waals surface area contributed by atoms with Gasteiger partial charge in [-0.05, 0) is 116 Å². The molecule has 4 aromatic carbocycles. The molecular weight excluding hydrogens is 755 g/mol. The van der Waals surface area contributed by atoms with Gasteiger partial charge in [-0.1, -0.05) is 134 Å². The topological polar surface area (TPSA) is 104 Å². The molecule has 8 nitrogen and oxygen atoms in total. The van der Waals surface area contributed by atoms with Crippen molar-refractivity contribution < 1.29 is 14.9 Å². The van der Waals surface area contributed by atoms with Crippen molar-refractivity contribution in [2.24, 2.45) is 0 Å². The van der Waals surface area contributed by atoms with Crippen LogP contribution in [-0.2, 0) is 52.3 Å². The molecule has 61 heavy (non-hydrogen) atoms. The number of hydrogen-bond donors (Lipinski definition) is 3. The molecule has 6 rings (SSSR count). The molecule has 0 bridgehead atoms. The van der Waals surface area contributed by atoms with Gasteiger partial charge in [-0.15, -0.1) is 0 Å². The largest absolute Gasteiger partial charge is 0.507 e. The summed E-state index contributed by atoms with van der Waals surface area (Å²) < 4.78 is 6.38. The number of hydrogen-bond acceptors (Lipinski definition) is 8. The number of phenolic OH excluding ortho intramolecular Hbond substituents is 2. The summed E-state index contributed by atoms with van der Waals surface area (Å²) in [6.45, 7) is 38.1. The first-order chi connectivity index (χ1) is 27.9. The van der Waals surface area contributed by atoms with E-state index in [9.17, 15) is 10.2 Å². The van der Waals surface area contributed by atoms with Crippen LogP contribution in [0.4, 0.5) is 11.9 Å². The number of aromatic nitrogens is 3. The lowest BCUT2D eigenvalue weighted by molar-refractivity contribution is 0.0483. The second-order valence-electron chi connectivity index (χ2n) is 22.8. The van der Waals surface area contributed by atoms with Crippen LogP contribution in [0, 0.1) is 0 Å². The fourth-order valence-corrected chi connectivity index (χ4v) is 8.15. The van der Waals surface area contributed by atoms with Gasteiger partial charge >= 0.3 is 0 Å². The molecule has 1 aliphatic heterocycles. The molecule has 5 aromatic rings. The highest BCUT2D eigenvalue weighted by molar-refractivity contribution is 5.60. The molecule has 0 unspecified atom stereocenters. The Morgan fingerprint density at radius 1 is 0.557 bits per heavy atom. The van der Waals surface area contributed by atoms with E-state index in [0.29, 0.717) is 48.9 Å². The Morgan fingerprint density at radius 3 is 1.43 bits per heavy atom. The van der Waals surface area contributed by atoms with Crippen molar-refractivity contribution in [2.45, 2.75) is 170 Å². The summed E-state index contributed by atoms with van der Waals surface area (Å²) in [5, 5.41) is 26.7. The van der Waals surface area contributed by atoms with Gasteiger partial charge < -0.3 is 25.2 Å². The summed E-state index contributed by atoms with van der Waals surface area (Å²) >= 11 is 0. The van der Waals surface area contributed by atoms with Crippen LogP contribution in [0.3, 0.4) is 0 Å². The van der Waals surface area contributed by atoms with E-state index in [1.54, 1.807) is 0 Å². The SMILES string of the molecule is CC(C)(C)c1cc(CNc2nc(-c3ccccc3)nc(N(Cc3cc(C(C)(C)C)c(O)c(C(C)(C)C)c3)Cc3cc(C(C)(C)C)c4c(c3)C(C)(C)O4)n2)cc(C(C)(C)C)c1O. The molecular formula is C53H71N5O3. The number of rotatable bonds is 9. The molecule has 0 fully saturated rings. The van der Waals surface area contributed by atoms with Crippen molar-refractivity contribution in [1.29, 1.82) is 0 Å². The van der Waals surface area contributed by atoms with Crippen molar-refractivity contribution >= 4 is 11.9 Å². The lowest BCUT2D eigenvalue weighted by Crippen LogP contribution is -2.38. The van der Waals surface area contributed by atoms with Gasteiger partial charge in [-0.3, -0.25) is 0 Å². The maximum Gasteiger partial charge on any atom is 0.231 e. The molecule has 2 heterocycles. The monoisotopic (exact) mass is 826 g/mol. The van der Waals surface area contributed by atoms with Crippen LogP contribution in [0.2, 0.25) is 0 Å². The van der Waals surface area contributed by atoms with Crippen LogP contribution in [0.5, 0.6) is 17.2 Å². The Hall–Kier alpha value is -5.11. The van der Waals surface area contributed by atoms with Crippen molar-refractivity contribution in [1.82, 2.24) is 15.0 Å². The minimum Gasteiger partial charge on any atom is -0.507 e. The van der Waals surface area contributed by atoms with E-state index >= 15 is 0 Å². The minimum atomic E-state index is -0.394. The lowest BCUT2D eigenvalue weighted by atomic mass is 9.78. The highest BCUT2D eigenvalue weighted by Gasteiger charge is 2.41. The molecule has 0 atom stereocenters. The molecule has 0 spiro atoms. The number of fused-ring (bicyclic) bond motifs is 1. The first kappa shape index (κ1) is 45.4. The van der Waals surface area contributed by atoms with E-state index in [4.69, 9.17) is 19.7 Å². The Morgan fingerprint density at radius 2 is 0.984 bits per heavy atom. The third-order valence-electron chi connectivity index (χ3n) is 11.7. The van der Waals surface area contributed by atoms with Gasteiger partial charge in [0, 0.05) is 36.3 Å². The molecule has 0 aliphatic carbocycles. The van der Waals surface area contributed by atoms with E-state index in [1.165, 1.54) is 11.1 Å². The maximum atomic E-state index is 11.7. The highest BCUT2D eigenvalue weighted by atomic mass is 16.5. The molecule has 8 heteroatoms. The maximum absolute atomic E-state index is 11.7. The molecule has 0 radical (unpaired) electrons. The average Bonchev–Trinajstić information content (AvgIpc) is 3.12. The Bertz CT molecular complexity index is 2350. The third-order valence-corrected chi connectivity index (χ3v) is 11.7. The van der Waals surface area contributed by atoms with E-state index in [-0.39, 0.29) is 27.1 Å². The van der Waals surface area contributed by atoms with Gasteiger partial charge in [0.25, 0.3) is 0 Å². The Labute approximate surface area is 366 Å². The summed E-state index contributed by atoms with van der Waals surface area (Å²) in [4.78, 5) is 17.7. The average molecular weight is 826 g/mol. The zero-order valence-corrected chi connectivity index (χ0v) is 40.1. The van der Waals surface area contributed by atoms with Gasteiger partial charge in [0.1, 0.15) is 22.8 Å². The molecule has 0 amide bonds. The summed E-state index contributed by atoms with van der Waals surface area (Å²) in [5.41, 5.74) is 8.47. The predicted molar refractivity (Wildman–Crippen MR) is 252 cm³/mol. The van der Waals surface area contributed by atoms with Crippen molar-refractivity contribution in [2.75, 3.05) is 10.2 Å². The second-order valence-corrected chi connectivity index (χ2v) is 22.8. The van der Waals surface area contributed by atoms with Crippen LogP contribution in [0.1, 0.15) is 168 Å². The predicted octanol–water partition coefficient (Wildman–Crippen LogP) is 12.9. The van der Waals surface area contributed by atoms with Crippen molar-refractivity contribution in [3.63, 3.8) is 0 Å². The van der Waals surface area contributed by atoms with Crippen LogP contribution < -0.4 is 15.0 Å². The van der Waals surface area contributed by atoms with Gasteiger partial charge in [-0.25, -0.2) is 0 Å². The number of anilines is 2. The fourth-order valence-electron chi connectivity index (χ4n) is 8.15. The van der Waals surface area contributed by atoms with Crippen LogP contribution >= 0.6 is 0 Å². The Balaban J connectivity index is 1.53. The Kier molecular flexibility index (Phi) is 11.7. The number of ether oxygens (including phenoxy) is 1. The number of benzene rings is 4. The normalized spacial score (nSPS) is 14.2. The summed E-state index contributed by atoms with van der Waals surface area (Å²) in [7, 11) is 0. The third kappa shape index (κ3) is 9.84. The summed E-state index contributed by atoms with van der Waals surface area (Å²) in [5.74, 6) is 3.24. The van der Waals surface area contributed by atoms with Crippen LogP contribution in [-0.4, -0.2) is 25.2 Å². The van der Waals surface area contributed by atoms with Crippen LogP contribution in [0.25, 0.3) is 11.4 Å². The number of nitrogens with one attached hydrogen (secondary N) is 1. The second kappa shape index (κ2) is 15.7. The number of phenols is 2. The quantitative estimate of drug-likeness (QED) is 0.135. The van der Waals surface area contributed by atoms with E-state index in [1.807, 2.05) is 30.3 Å². The molecule has 1 aromatic heterocycles. The molecule has 0 saturated carbocycles. The molecule has 0 saturated heterocycles. The number of aromatic hydroxyl groups is 2. The molecule has 3 N–H and O–H groups in total. The smallest absolute Gasteiger partial charge is 0.231 e. The van der Waals surface area contributed by atoms with Crippen molar-refractivity contribution in [3.05, 3.63) is 117 Å². The molecule has 326 valence electrons. The van der Waals surface area contributed by atoms with E-state index in [0.717, 1.165) is 50.3 Å². The summed E-state index contributed by atoms with van der Waals surface area (Å²) in [6.07, 6.45) is 0. The summed E-state index contributed by atoms with van der Waals surface area (Å²) in [6, 6.07) is 23.1. The molecule has 1 aliphatic rings. The number of nitrogens with zero attached hydrogens (tertiary/aromatic N) is 4. The van der Waals surface area contributed by atoms with Gasteiger partial charge in [0.2, 0.25) is 11.9 Å².